The molecule has 1 aliphatic heterocycles. The first-order chi connectivity index (χ1) is 10.3. The van der Waals surface area contributed by atoms with Crippen LogP contribution in [0.5, 0.6) is 0 Å². The Bertz CT molecular complexity index is 532. The first-order valence-corrected chi connectivity index (χ1v) is 7.20. The van der Waals surface area contributed by atoms with Gasteiger partial charge >= 0.3 is 0 Å². The van der Waals surface area contributed by atoms with Crippen LogP contribution in [0.15, 0.2) is 43.0 Å². The van der Waals surface area contributed by atoms with Crippen molar-refractivity contribution >= 4 is 0 Å². The highest BCUT2D eigenvalue weighted by Gasteiger charge is 2.23. The van der Waals surface area contributed by atoms with Crippen LogP contribution in [-0.4, -0.2) is 57.1 Å². The van der Waals surface area contributed by atoms with Crippen molar-refractivity contribution in [1.29, 1.82) is 0 Å². The van der Waals surface area contributed by atoms with E-state index >= 15 is 0 Å². The number of hydrogen-bond donors (Lipinski definition) is 1. The fraction of sp³-hybridized carbons (Fsp3) is 0.467. The Balaban J connectivity index is 1.54. The van der Waals surface area contributed by atoms with Gasteiger partial charge in [0, 0.05) is 19.6 Å². The molecule has 21 heavy (non-hydrogen) atoms. The molecule has 0 spiro atoms. The van der Waals surface area contributed by atoms with Crippen LogP contribution in [-0.2, 0) is 11.3 Å². The van der Waals surface area contributed by atoms with Gasteiger partial charge in [-0.15, -0.1) is 0 Å². The van der Waals surface area contributed by atoms with Crippen molar-refractivity contribution < 1.29 is 9.84 Å². The van der Waals surface area contributed by atoms with Crippen molar-refractivity contribution in [3.63, 3.8) is 0 Å². The predicted octanol–water partition coefficient (Wildman–Crippen LogP) is 0.712. The molecule has 0 saturated carbocycles. The Kier molecular flexibility index (Phi) is 4.59. The zero-order valence-corrected chi connectivity index (χ0v) is 11.9. The van der Waals surface area contributed by atoms with Crippen molar-refractivity contribution in [3.05, 3.63) is 48.5 Å². The van der Waals surface area contributed by atoms with Crippen LogP contribution in [0.1, 0.15) is 11.7 Å². The van der Waals surface area contributed by atoms with Crippen LogP contribution in [0, 0.1) is 0 Å². The molecule has 1 aliphatic rings. The van der Waals surface area contributed by atoms with Crippen LogP contribution in [0.25, 0.3) is 0 Å². The molecule has 1 fully saturated rings. The van der Waals surface area contributed by atoms with E-state index in [2.05, 4.69) is 15.0 Å². The van der Waals surface area contributed by atoms with Gasteiger partial charge in [0.2, 0.25) is 0 Å². The van der Waals surface area contributed by atoms with Crippen molar-refractivity contribution in [2.75, 3.05) is 26.2 Å². The molecule has 2 aromatic rings. The largest absolute Gasteiger partial charge is 0.387 e. The molecule has 0 unspecified atom stereocenters. The third-order valence-electron chi connectivity index (χ3n) is 3.70. The molecule has 1 aromatic carbocycles. The summed E-state index contributed by atoms with van der Waals surface area (Å²) >= 11 is 0. The summed E-state index contributed by atoms with van der Waals surface area (Å²) in [7, 11) is 0. The summed E-state index contributed by atoms with van der Waals surface area (Å²) < 4.78 is 7.54. The maximum Gasteiger partial charge on any atom is 0.137 e. The number of rotatable bonds is 5. The average molecular weight is 288 g/mol. The smallest absolute Gasteiger partial charge is 0.137 e. The standard InChI is InChI=1S/C15H20N4O2/c20-15(13-4-2-1-3-5-13)10-18-6-7-21-14(8-18)9-19-12-16-11-17-19/h1-5,11-12,14-15,20H,6-10H2/t14-,15-/m1/s1. The molecule has 1 saturated heterocycles. The Labute approximate surface area is 124 Å². The molecule has 6 heteroatoms. The molecule has 0 amide bonds. The molecule has 2 heterocycles. The lowest BCUT2D eigenvalue weighted by molar-refractivity contribution is -0.0486. The van der Waals surface area contributed by atoms with Gasteiger partial charge in [0.15, 0.2) is 0 Å². The molecule has 0 aliphatic carbocycles. The van der Waals surface area contributed by atoms with Gasteiger partial charge in [0.25, 0.3) is 0 Å². The lowest BCUT2D eigenvalue weighted by atomic mass is 10.1. The second-order valence-electron chi connectivity index (χ2n) is 5.30. The normalized spacial score (nSPS) is 21.3. The van der Waals surface area contributed by atoms with E-state index in [0.717, 1.165) is 18.7 Å². The molecule has 112 valence electrons. The van der Waals surface area contributed by atoms with E-state index in [-0.39, 0.29) is 6.10 Å². The van der Waals surface area contributed by atoms with Crippen molar-refractivity contribution in [1.82, 2.24) is 19.7 Å². The summed E-state index contributed by atoms with van der Waals surface area (Å²) in [6.07, 6.45) is 2.85. The number of aromatic nitrogens is 3. The summed E-state index contributed by atoms with van der Waals surface area (Å²) in [6, 6.07) is 9.77. The van der Waals surface area contributed by atoms with Gasteiger partial charge in [-0.1, -0.05) is 30.3 Å². The Hall–Kier alpha value is -1.76. The van der Waals surface area contributed by atoms with E-state index < -0.39 is 6.10 Å². The first kappa shape index (κ1) is 14.2. The van der Waals surface area contributed by atoms with Crippen LogP contribution < -0.4 is 0 Å². The minimum atomic E-state index is -0.462. The third-order valence-corrected chi connectivity index (χ3v) is 3.70. The quantitative estimate of drug-likeness (QED) is 0.878. The van der Waals surface area contributed by atoms with E-state index in [9.17, 15) is 5.11 Å². The van der Waals surface area contributed by atoms with Crippen molar-refractivity contribution in [2.45, 2.75) is 18.8 Å². The number of morpholine rings is 1. The molecule has 1 aromatic heterocycles. The molecule has 0 radical (unpaired) electrons. The SMILES string of the molecule is O[C@H](CN1CCO[C@@H](Cn2cncn2)C1)c1ccccc1. The average Bonchev–Trinajstić information content (AvgIpc) is 3.01. The minimum Gasteiger partial charge on any atom is -0.387 e. The molecule has 2 atom stereocenters. The Morgan fingerprint density at radius 1 is 1.33 bits per heavy atom. The van der Waals surface area contributed by atoms with Crippen LogP contribution in [0.3, 0.4) is 0 Å². The van der Waals surface area contributed by atoms with E-state index in [0.29, 0.717) is 19.7 Å². The number of β-amino-alcohol motifs (C(OH)–C–C–N with tert-alkyl or cyclic N) is 1. The highest BCUT2D eigenvalue weighted by molar-refractivity contribution is 5.17. The van der Waals surface area contributed by atoms with Gasteiger partial charge in [-0.3, -0.25) is 9.58 Å². The third kappa shape index (κ3) is 3.87. The zero-order valence-electron chi connectivity index (χ0n) is 11.9. The van der Waals surface area contributed by atoms with Crippen LogP contribution >= 0.6 is 0 Å². The second-order valence-corrected chi connectivity index (χ2v) is 5.30. The topological polar surface area (TPSA) is 63.4 Å². The summed E-state index contributed by atoms with van der Waals surface area (Å²) in [6.45, 7) is 3.64. The summed E-state index contributed by atoms with van der Waals surface area (Å²) in [5.41, 5.74) is 0.955. The number of benzene rings is 1. The monoisotopic (exact) mass is 288 g/mol. The van der Waals surface area contributed by atoms with Gasteiger partial charge in [-0.2, -0.15) is 5.10 Å². The van der Waals surface area contributed by atoms with Gasteiger partial charge in [-0.25, -0.2) is 4.98 Å². The summed E-state index contributed by atoms with van der Waals surface area (Å²) in [5.74, 6) is 0. The van der Waals surface area contributed by atoms with Crippen molar-refractivity contribution in [3.8, 4) is 0 Å². The fourth-order valence-corrected chi connectivity index (χ4v) is 2.62. The zero-order chi connectivity index (χ0) is 14.5. The van der Waals surface area contributed by atoms with Crippen molar-refractivity contribution in [2.24, 2.45) is 0 Å². The molecule has 1 N–H and O–H groups in total. The van der Waals surface area contributed by atoms with Gasteiger partial charge in [-0.05, 0) is 5.56 Å². The number of aliphatic hydroxyl groups excluding tert-OH is 1. The molecule has 3 rings (SSSR count). The fourth-order valence-electron chi connectivity index (χ4n) is 2.62. The summed E-state index contributed by atoms with van der Waals surface area (Å²) in [4.78, 5) is 6.18. The van der Waals surface area contributed by atoms with E-state index in [1.54, 1.807) is 11.0 Å². The first-order valence-electron chi connectivity index (χ1n) is 7.20. The van der Waals surface area contributed by atoms with E-state index in [1.165, 1.54) is 6.33 Å². The summed E-state index contributed by atoms with van der Waals surface area (Å²) in [5, 5.41) is 14.4. The number of hydrogen-bond acceptors (Lipinski definition) is 5. The lowest BCUT2D eigenvalue weighted by Crippen LogP contribution is -2.45. The highest BCUT2D eigenvalue weighted by atomic mass is 16.5. The molecular formula is C15H20N4O2. The Morgan fingerprint density at radius 2 is 2.19 bits per heavy atom. The molecule has 6 nitrogen and oxygen atoms in total. The van der Waals surface area contributed by atoms with Crippen LogP contribution in [0.4, 0.5) is 0 Å². The molecular weight excluding hydrogens is 268 g/mol. The van der Waals surface area contributed by atoms with E-state index in [1.807, 2.05) is 30.3 Å². The van der Waals surface area contributed by atoms with Gasteiger partial charge in [0.05, 0.1) is 25.4 Å². The number of nitrogens with zero attached hydrogens (tertiary/aromatic N) is 4. The maximum atomic E-state index is 10.3. The second kappa shape index (κ2) is 6.80. The Morgan fingerprint density at radius 3 is 2.95 bits per heavy atom. The van der Waals surface area contributed by atoms with E-state index in [4.69, 9.17) is 4.74 Å². The highest BCUT2D eigenvalue weighted by Crippen LogP contribution is 2.16. The maximum absolute atomic E-state index is 10.3. The van der Waals surface area contributed by atoms with Gasteiger partial charge in [0.1, 0.15) is 12.7 Å². The molecule has 0 bridgehead atoms. The number of ether oxygens (including phenoxy) is 1. The lowest BCUT2D eigenvalue weighted by Gasteiger charge is -2.34. The van der Waals surface area contributed by atoms with Crippen LogP contribution in [0.2, 0.25) is 0 Å². The number of aliphatic hydroxyl groups is 1. The minimum absolute atomic E-state index is 0.0865. The van der Waals surface area contributed by atoms with Gasteiger partial charge < -0.3 is 9.84 Å². The predicted molar refractivity (Wildman–Crippen MR) is 77.6 cm³/mol.